The lowest BCUT2D eigenvalue weighted by atomic mass is 10.0. The van der Waals surface area contributed by atoms with Gasteiger partial charge in [0.15, 0.2) is 0 Å². The number of methoxy groups -OCH3 is 1. The van der Waals surface area contributed by atoms with Crippen molar-refractivity contribution in [1.82, 2.24) is 0 Å². The van der Waals surface area contributed by atoms with Gasteiger partial charge in [-0.25, -0.2) is 0 Å². The Morgan fingerprint density at radius 1 is 1.15 bits per heavy atom. The van der Waals surface area contributed by atoms with E-state index in [-0.39, 0.29) is 6.42 Å². The second-order valence-corrected chi connectivity index (χ2v) is 5.07. The first-order valence-electron chi connectivity index (χ1n) is 5.85. The number of carboxylic acids is 1. The van der Waals surface area contributed by atoms with Gasteiger partial charge in [0.05, 0.1) is 13.5 Å². The molecule has 2 aromatic rings. The fraction of sp³-hybridized carbons (Fsp3) is 0.133. The highest BCUT2D eigenvalue weighted by atomic mass is 35.5. The molecule has 0 heterocycles. The van der Waals surface area contributed by atoms with E-state index in [0.29, 0.717) is 26.9 Å². The third-order valence-corrected chi connectivity index (χ3v) is 3.40. The molecule has 0 spiro atoms. The standard InChI is InChI=1S/C15H12Cl2O3/c1-20-14-5-2-9(7-15(18)19)6-12(14)11-8-10(16)3-4-13(11)17/h2-6,8H,7H2,1H3,(H,18,19). The van der Waals surface area contributed by atoms with E-state index in [1.807, 2.05) is 0 Å². The van der Waals surface area contributed by atoms with Gasteiger partial charge in [0.25, 0.3) is 0 Å². The SMILES string of the molecule is COc1ccc(CC(=O)O)cc1-c1cc(Cl)ccc1Cl. The minimum atomic E-state index is -0.890. The summed E-state index contributed by atoms with van der Waals surface area (Å²) in [6.07, 6.45) is -0.0603. The van der Waals surface area contributed by atoms with Crippen LogP contribution in [0.25, 0.3) is 11.1 Å². The van der Waals surface area contributed by atoms with E-state index in [1.165, 1.54) is 0 Å². The van der Waals surface area contributed by atoms with Gasteiger partial charge >= 0.3 is 5.97 Å². The van der Waals surface area contributed by atoms with Gasteiger partial charge in [0.2, 0.25) is 0 Å². The van der Waals surface area contributed by atoms with Crippen molar-refractivity contribution in [3.63, 3.8) is 0 Å². The first kappa shape index (κ1) is 14.7. The van der Waals surface area contributed by atoms with Gasteiger partial charge in [-0.05, 0) is 35.9 Å². The summed E-state index contributed by atoms with van der Waals surface area (Å²) in [6, 6.07) is 10.3. The van der Waals surface area contributed by atoms with Crippen LogP contribution in [0.2, 0.25) is 10.0 Å². The van der Waals surface area contributed by atoms with Crippen LogP contribution in [0.15, 0.2) is 36.4 Å². The summed E-state index contributed by atoms with van der Waals surface area (Å²) in [5.74, 6) is -0.276. The minimum absolute atomic E-state index is 0.0603. The van der Waals surface area contributed by atoms with Gasteiger partial charge in [-0.15, -0.1) is 0 Å². The molecule has 3 nitrogen and oxygen atoms in total. The predicted octanol–water partition coefficient (Wildman–Crippen LogP) is 4.30. The molecular weight excluding hydrogens is 299 g/mol. The van der Waals surface area contributed by atoms with Crippen molar-refractivity contribution < 1.29 is 14.6 Å². The van der Waals surface area contributed by atoms with Gasteiger partial charge in [-0.3, -0.25) is 4.79 Å². The summed E-state index contributed by atoms with van der Waals surface area (Å²) in [5.41, 5.74) is 2.10. The molecule has 1 N–H and O–H groups in total. The fourth-order valence-corrected chi connectivity index (χ4v) is 2.35. The normalized spacial score (nSPS) is 10.3. The first-order chi connectivity index (χ1) is 9.51. The molecule has 0 unspecified atom stereocenters. The van der Waals surface area contributed by atoms with E-state index in [9.17, 15) is 4.79 Å². The van der Waals surface area contributed by atoms with Crippen LogP contribution in [0.5, 0.6) is 5.75 Å². The van der Waals surface area contributed by atoms with Crippen LogP contribution < -0.4 is 4.74 Å². The molecule has 0 radical (unpaired) electrons. The summed E-state index contributed by atoms with van der Waals surface area (Å²) < 4.78 is 5.31. The van der Waals surface area contributed by atoms with Crippen LogP contribution in [0.4, 0.5) is 0 Å². The molecule has 0 aliphatic carbocycles. The van der Waals surface area contributed by atoms with Crippen molar-refractivity contribution in [2.24, 2.45) is 0 Å². The Bertz CT molecular complexity index is 654. The molecule has 5 heteroatoms. The van der Waals surface area contributed by atoms with Crippen molar-refractivity contribution in [3.05, 3.63) is 52.0 Å². The maximum absolute atomic E-state index is 10.8. The third kappa shape index (κ3) is 3.24. The smallest absolute Gasteiger partial charge is 0.307 e. The molecular formula is C15H12Cl2O3. The molecule has 0 aliphatic heterocycles. The van der Waals surface area contributed by atoms with E-state index in [1.54, 1.807) is 43.5 Å². The van der Waals surface area contributed by atoms with Gasteiger partial charge < -0.3 is 9.84 Å². The van der Waals surface area contributed by atoms with E-state index < -0.39 is 5.97 Å². The van der Waals surface area contributed by atoms with Crippen LogP contribution >= 0.6 is 23.2 Å². The zero-order chi connectivity index (χ0) is 14.7. The van der Waals surface area contributed by atoms with Crippen molar-refractivity contribution in [1.29, 1.82) is 0 Å². The Morgan fingerprint density at radius 3 is 2.55 bits per heavy atom. The molecule has 0 aromatic heterocycles. The average molecular weight is 311 g/mol. The Kier molecular flexibility index (Phi) is 4.53. The lowest BCUT2D eigenvalue weighted by Crippen LogP contribution is -2.00. The Morgan fingerprint density at radius 2 is 1.90 bits per heavy atom. The zero-order valence-electron chi connectivity index (χ0n) is 10.7. The quantitative estimate of drug-likeness (QED) is 0.916. The molecule has 2 rings (SSSR count). The van der Waals surface area contributed by atoms with Crippen molar-refractivity contribution >= 4 is 29.2 Å². The fourth-order valence-electron chi connectivity index (χ4n) is 1.95. The molecule has 2 aromatic carbocycles. The Balaban J connectivity index is 2.57. The second-order valence-electron chi connectivity index (χ2n) is 4.23. The maximum atomic E-state index is 10.8. The molecule has 20 heavy (non-hydrogen) atoms. The summed E-state index contributed by atoms with van der Waals surface area (Å²) >= 11 is 12.2. The Labute approximate surface area is 126 Å². The number of hydrogen-bond donors (Lipinski definition) is 1. The number of hydrogen-bond acceptors (Lipinski definition) is 2. The first-order valence-corrected chi connectivity index (χ1v) is 6.61. The van der Waals surface area contributed by atoms with E-state index in [2.05, 4.69) is 0 Å². The minimum Gasteiger partial charge on any atom is -0.496 e. The largest absolute Gasteiger partial charge is 0.496 e. The average Bonchev–Trinajstić information content (AvgIpc) is 2.41. The molecule has 104 valence electrons. The summed E-state index contributed by atoms with van der Waals surface area (Å²) in [7, 11) is 1.55. The van der Waals surface area contributed by atoms with Crippen molar-refractivity contribution in [3.8, 4) is 16.9 Å². The van der Waals surface area contributed by atoms with Crippen LogP contribution in [0, 0.1) is 0 Å². The molecule has 0 atom stereocenters. The lowest BCUT2D eigenvalue weighted by Gasteiger charge is -2.12. The number of halogens is 2. The molecule has 0 fully saturated rings. The van der Waals surface area contributed by atoms with Crippen LogP contribution in [-0.2, 0) is 11.2 Å². The number of carboxylic acid groups (broad SMARTS) is 1. The highest BCUT2D eigenvalue weighted by Gasteiger charge is 2.12. The molecule has 0 bridgehead atoms. The molecule has 0 saturated carbocycles. The second kappa shape index (κ2) is 6.16. The highest BCUT2D eigenvalue weighted by molar-refractivity contribution is 6.35. The van der Waals surface area contributed by atoms with Gasteiger partial charge in [0, 0.05) is 21.2 Å². The molecule has 0 saturated heterocycles. The Hall–Kier alpha value is -1.71. The zero-order valence-corrected chi connectivity index (χ0v) is 12.2. The van der Waals surface area contributed by atoms with Gasteiger partial charge in [0.1, 0.15) is 5.75 Å². The summed E-state index contributed by atoms with van der Waals surface area (Å²) in [6.45, 7) is 0. The number of rotatable bonds is 4. The third-order valence-electron chi connectivity index (χ3n) is 2.84. The summed E-state index contributed by atoms with van der Waals surface area (Å²) in [4.78, 5) is 10.8. The van der Waals surface area contributed by atoms with Gasteiger partial charge in [-0.2, -0.15) is 0 Å². The van der Waals surface area contributed by atoms with Crippen molar-refractivity contribution in [2.75, 3.05) is 7.11 Å². The molecule has 0 aliphatic rings. The number of ether oxygens (including phenoxy) is 1. The van der Waals surface area contributed by atoms with Crippen molar-refractivity contribution in [2.45, 2.75) is 6.42 Å². The number of aliphatic carboxylic acids is 1. The maximum Gasteiger partial charge on any atom is 0.307 e. The highest BCUT2D eigenvalue weighted by Crippen LogP contribution is 2.37. The summed E-state index contributed by atoms with van der Waals surface area (Å²) in [5, 5.41) is 9.95. The lowest BCUT2D eigenvalue weighted by molar-refractivity contribution is -0.136. The van der Waals surface area contributed by atoms with Crippen LogP contribution in [0.3, 0.4) is 0 Å². The molecule has 0 amide bonds. The number of benzene rings is 2. The van der Waals surface area contributed by atoms with E-state index in [0.717, 1.165) is 5.56 Å². The predicted molar refractivity (Wildman–Crippen MR) is 79.8 cm³/mol. The van der Waals surface area contributed by atoms with E-state index >= 15 is 0 Å². The number of carbonyl (C=O) groups is 1. The monoisotopic (exact) mass is 310 g/mol. The van der Waals surface area contributed by atoms with Crippen LogP contribution in [-0.4, -0.2) is 18.2 Å². The van der Waals surface area contributed by atoms with Crippen LogP contribution in [0.1, 0.15) is 5.56 Å². The van der Waals surface area contributed by atoms with Gasteiger partial charge in [-0.1, -0.05) is 29.3 Å². The van der Waals surface area contributed by atoms with E-state index in [4.69, 9.17) is 33.0 Å². The topological polar surface area (TPSA) is 46.5 Å².